The summed E-state index contributed by atoms with van der Waals surface area (Å²) < 4.78 is 0. The van der Waals surface area contributed by atoms with Crippen molar-refractivity contribution in [3.8, 4) is 0 Å². The Morgan fingerprint density at radius 3 is 1.97 bits per heavy atom. The zero-order valence-corrected chi connectivity index (χ0v) is 18.4. The van der Waals surface area contributed by atoms with Crippen LogP contribution in [0, 0.1) is 32.1 Å². The first-order valence-corrected chi connectivity index (χ1v) is 10.9. The second-order valence-electron chi connectivity index (χ2n) is 8.38. The van der Waals surface area contributed by atoms with Gasteiger partial charge in [-0.1, -0.05) is 18.9 Å². The van der Waals surface area contributed by atoms with Crippen molar-refractivity contribution in [1.29, 1.82) is 0 Å². The van der Waals surface area contributed by atoms with Gasteiger partial charge >= 0.3 is 0 Å². The number of nitro benzene ring substituents is 2. The highest BCUT2D eigenvalue weighted by atomic mass is 16.6. The molecule has 0 N–H and O–H groups in total. The van der Waals surface area contributed by atoms with Gasteiger partial charge in [-0.2, -0.15) is 5.01 Å². The Morgan fingerprint density at radius 2 is 1.43 bits per heavy atom. The van der Waals surface area contributed by atoms with E-state index in [1.54, 1.807) is 0 Å². The summed E-state index contributed by atoms with van der Waals surface area (Å²) in [5, 5.41) is 23.5. The minimum atomic E-state index is -0.927. The molecule has 0 unspecified atom stereocenters. The van der Waals surface area contributed by atoms with Crippen LogP contribution >= 0.6 is 0 Å². The fourth-order valence-corrected chi connectivity index (χ4v) is 4.51. The molecule has 0 aromatic heterocycles. The molecule has 35 heavy (non-hydrogen) atoms. The number of carbonyl (C=O) groups excluding carboxylic acids is 4. The van der Waals surface area contributed by atoms with E-state index in [4.69, 9.17) is 0 Å². The number of fused-ring (bicyclic) bond motifs is 1. The van der Waals surface area contributed by atoms with Crippen LogP contribution in [0.1, 0.15) is 46.4 Å². The molecule has 12 heteroatoms. The molecule has 1 aliphatic carbocycles. The van der Waals surface area contributed by atoms with E-state index in [9.17, 15) is 39.4 Å². The van der Waals surface area contributed by atoms with E-state index in [1.165, 1.54) is 30.3 Å². The number of hydrogen-bond donors (Lipinski definition) is 0. The van der Waals surface area contributed by atoms with Crippen LogP contribution in [0.2, 0.25) is 0 Å². The standard InChI is InChI=1S/C23H20N4O8/c28-20(14-8-10-16(11-9-14)26(32)33)13-24(21(29)15-4-3-5-17(12-15)27(34)35)25-22(30)18-6-1-2-7-19(18)23(25)31/h3-5,8-12,18-19H,1-2,6-7,13H2/t18-,19+. The third-order valence-electron chi connectivity index (χ3n) is 6.29. The summed E-state index contributed by atoms with van der Waals surface area (Å²) in [5.74, 6) is -3.96. The molecule has 1 aliphatic heterocycles. The van der Waals surface area contributed by atoms with Crippen LogP contribution in [0.3, 0.4) is 0 Å². The van der Waals surface area contributed by atoms with Crippen molar-refractivity contribution in [2.75, 3.05) is 6.54 Å². The zero-order valence-electron chi connectivity index (χ0n) is 18.4. The summed E-state index contributed by atoms with van der Waals surface area (Å²) in [6, 6.07) is 9.44. The van der Waals surface area contributed by atoms with E-state index in [1.807, 2.05) is 0 Å². The van der Waals surface area contributed by atoms with Crippen molar-refractivity contribution >= 4 is 34.9 Å². The number of Topliss-reactive ketones (excluding diaryl/α,β-unsaturated/α-hetero) is 1. The number of imide groups is 1. The van der Waals surface area contributed by atoms with Gasteiger partial charge in [-0.3, -0.25) is 39.4 Å². The first-order valence-electron chi connectivity index (χ1n) is 10.9. The number of benzene rings is 2. The Kier molecular flexibility index (Phi) is 6.36. The van der Waals surface area contributed by atoms with Gasteiger partial charge in [0.05, 0.1) is 21.7 Å². The van der Waals surface area contributed by atoms with Gasteiger partial charge in [0.25, 0.3) is 29.1 Å². The average Bonchev–Trinajstić information content (AvgIpc) is 3.12. The second-order valence-corrected chi connectivity index (χ2v) is 8.38. The number of ketones is 1. The number of nitrogens with zero attached hydrogens (tertiary/aromatic N) is 4. The molecule has 1 saturated heterocycles. The summed E-state index contributed by atoms with van der Waals surface area (Å²) in [5.41, 5.74) is -0.750. The third-order valence-corrected chi connectivity index (χ3v) is 6.29. The largest absolute Gasteiger partial charge is 0.292 e. The van der Waals surface area contributed by atoms with Crippen molar-refractivity contribution < 1.29 is 29.0 Å². The van der Waals surface area contributed by atoms with Gasteiger partial charge in [0.15, 0.2) is 5.78 Å². The monoisotopic (exact) mass is 480 g/mol. The lowest BCUT2D eigenvalue weighted by molar-refractivity contribution is -0.385. The van der Waals surface area contributed by atoms with Crippen LogP contribution in [-0.4, -0.2) is 49.9 Å². The number of non-ortho nitro benzene ring substituents is 2. The fraction of sp³-hybridized carbons (Fsp3) is 0.304. The Bertz CT molecular complexity index is 1220. The molecule has 0 bridgehead atoms. The van der Waals surface area contributed by atoms with E-state index < -0.39 is 51.7 Å². The number of hydrazine groups is 1. The van der Waals surface area contributed by atoms with Crippen molar-refractivity contribution in [2.24, 2.45) is 11.8 Å². The van der Waals surface area contributed by atoms with Gasteiger partial charge in [-0.25, -0.2) is 5.01 Å². The SMILES string of the molecule is O=C(CN(C(=O)c1cccc([N+](=O)[O-])c1)N1C(=O)[C@H]2CCCC[C@H]2C1=O)c1ccc([N+](=O)[O-])cc1. The maximum absolute atomic E-state index is 13.4. The Morgan fingerprint density at radius 1 is 0.857 bits per heavy atom. The van der Waals surface area contributed by atoms with Crippen LogP contribution < -0.4 is 0 Å². The molecule has 180 valence electrons. The van der Waals surface area contributed by atoms with Crippen molar-refractivity contribution in [1.82, 2.24) is 10.0 Å². The van der Waals surface area contributed by atoms with Gasteiger partial charge in [0.1, 0.15) is 6.54 Å². The highest BCUT2D eigenvalue weighted by Gasteiger charge is 2.51. The molecular formula is C23H20N4O8. The lowest BCUT2D eigenvalue weighted by Gasteiger charge is -2.30. The number of nitro groups is 2. The first-order chi connectivity index (χ1) is 16.7. The molecule has 12 nitrogen and oxygen atoms in total. The average molecular weight is 480 g/mol. The molecule has 0 spiro atoms. The number of carbonyl (C=O) groups is 4. The van der Waals surface area contributed by atoms with Gasteiger partial charge in [0, 0.05) is 35.4 Å². The third kappa shape index (κ3) is 4.50. The molecule has 2 fully saturated rings. The predicted molar refractivity (Wildman–Crippen MR) is 119 cm³/mol. The van der Waals surface area contributed by atoms with E-state index >= 15 is 0 Å². The van der Waals surface area contributed by atoms with E-state index in [-0.39, 0.29) is 22.5 Å². The summed E-state index contributed by atoms with van der Waals surface area (Å²) in [6.07, 6.45) is 2.49. The minimum Gasteiger partial charge on any atom is -0.292 e. The lowest BCUT2D eigenvalue weighted by Crippen LogP contribution is -2.52. The van der Waals surface area contributed by atoms with Crippen LogP contribution in [0.4, 0.5) is 11.4 Å². The van der Waals surface area contributed by atoms with E-state index in [0.717, 1.165) is 36.0 Å². The van der Waals surface area contributed by atoms with Gasteiger partial charge in [-0.05, 0) is 31.0 Å². The lowest BCUT2D eigenvalue weighted by atomic mass is 9.81. The quantitative estimate of drug-likeness (QED) is 0.253. The number of rotatable bonds is 7. The van der Waals surface area contributed by atoms with Gasteiger partial charge < -0.3 is 0 Å². The molecule has 1 saturated carbocycles. The van der Waals surface area contributed by atoms with Crippen LogP contribution in [0.25, 0.3) is 0 Å². The molecule has 1 heterocycles. The molecule has 3 amide bonds. The zero-order chi connectivity index (χ0) is 25.3. The first kappa shape index (κ1) is 23.7. The highest BCUT2D eigenvalue weighted by molar-refractivity contribution is 6.09. The van der Waals surface area contributed by atoms with Gasteiger partial charge in [-0.15, -0.1) is 0 Å². The van der Waals surface area contributed by atoms with Crippen LogP contribution in [-0.2, 0) is 9.59 Å². The molecule has 0 radical (unpaired) electrons. The van der Waals surface area contributed by atoms with Crippen LogP contribution in [0.15, 0.2) is 48.5 Å². The smallest absolute Gasteiger partial charge is 0.273 e. The van der Waals surface area contributed by atoms with Crippen molar-refractivity contribution in [2.45, 2.75) is 25.7 Å². The maximum Gasteiger partial charge on any atom is 0.273 e. The van der Waals surface area contributed by atoms with E-state index in [0.29, 0.717) is 17.9 Å². The highest BCUT2D eigenvalue weighted by Crippen LogP contribution is 2.39. The second kappa shape index (κ2) is 9.41. The Labute approximate surface area is 198 Å². The summed E-state index contributed by atoms with van der Waals surface area (Å²) in [7, 11) is 0. The Balaban J connectivity index is 1.70. The van der Waals surface area contributed by atoms with E-state index in [2.05, 4.69) is 0 Å². The predicted octanol–water partition coefficient (Wildman–Crippen LogP) is 2.92. The normalized spacial score (nSPS) is 19.3. The summed E-state index contributed by atoms with van der Waals surface area (Å²) >= 11 is 0. The topological polar surface area (TPSA) is 161 Å². The minimum absolute atomic E-state index is 0.0314. The summed E-state index contributed by atoms with van der Waals surface area (Å²) in [4.78, 5) is 73.5. The van der Waals surface area contributed by atoms with Gasteiger partial charge in [0.2, 0.25) is 0 Å². The number of amides is 3. The molecule has 2 aromatic rings. The molecular weight excluding hydrogens is 460 g/mol. The van der Waals surface area contributed by atoms with Crippen molar-refractivity contribution in [3.63, 3.8) is 0 Å². The Hall–Kier alpha value is -4.48. The van der Waals surface area contributed by atoms with Crippen LogP contribution in [0.5, 0.6) is 0 Å². The fourth-order valence-electron chi connectivity index (χ4n) is 4.51. The molecule has 4 rings (SSSR count). The summed E-state index contributed by atoms with van der Waals surface area (Å²) in [6.45, 7) is -0.712. The van der Waals surface area contributed by atoms with Crippen molar-refractivity contribution in [3.05, 3.63) is 79.9 Å². The molecule has 2 aliphatic rings. The molecule has 2 atom stereocenters. The number of hydrogen-bond acceptors (Lipinski definition) is 8. The molecule has 2 aromatic carbocycles. The maximum atomic E-state index is 13.4.